The van der Waals surface area contributed by atoms with Crippen LogP contribution in [0, 0.1) is 5.92 Å². The molecule has 1 aromatic carbocycles. The summed E-state index contributed by atoms with van der Waals surface area (Å²) in [5.41, 5.74) is 6.89. The Balaban J connectivity index is 2.04. The van der Waals surface area contributed by atoms with Crippen molar-refractivity contribution in [3.8, 4) is 0 Å². The molecule has 4 heteroatoms. The molecule has 1 aliphatic heterocycles. The second-order valence-electron chi connectivity index (χ2n) is 5.31. The van der Waals surface area contributed by atoms with Crippen LogP contribution in [-0.4, -0.2) is 29.9 Å². The van der Waals surface area contributed by atoms with Crippen molar-refractivity contribution in [1.29, 1.82) is 0 Å². The SMILES string of the molecule is CC1CCCN(C(=O)Cc2ccc(Br)cc2)C1CN. The second kappa shape index (κ2) is 6.53. The largest absolute Gasteiger partial charge is 0.338 e. The van der Waals surface area contributed by atoms with Crippen LogP contribution >= 0.6 is 15.9 Å². The van der Waals surface area contributed by atoms with E-state index in [0.29, 0.717) is 18.9 Å². The summed E-state index contributed by atoms with van der Waals surface area (Å²) in [7, 11) is 0. The summed E-state index contributed by atoms with van der Waals surface area (Å²) in [6.07, 6.45) is 2.73. The van der Waals surface area contributed by atoms with Gasteiger partial charge in [0.25, 0.3) is 0 Å². The zero-order valence-corrected chi connectivity index (χ0v) is 12.9. The van der Waals surface area contributed by atoms with Gasteiger partial charge in [-0.1, -0.05) is 35.0 Å². The maximum absolute atomic E-state index is 12.4. The number of piperidine rings is 1. The summed E-state index contributed by atoms with van der Waals surface area (Å²) in [6, 6.07) is 8.14. The van der Waals surface area contributed by atoms with E-state index in [-0.39, 0.29) is 11.9 Å². The van der Waals surface area contributed by atoms with Crippen LogP contribution in [0.4, 0.5) is 0 Å². The molecule has 0 aromatic heterocycles. The highest BCUT2D eigenvalue weighted by Crippen LogP contribution is 2.23. The van der Waals surface area contributed by atoms with Crippen molar-refractivity contribution in [2.45, 2.75) is 32.2 Å². The van der Waals surface area contributed by atoms with E-state index in [4.69, 9.17) is 5.73 Å². The lowest BCUT2D eigenvalue weighted by molar-refractivity contribution is -0.135. The normalized spacial score (nSPS) is 23.4. The molecule has 1 saturated heterocycles. The monoisotopic (exact) mass is 324 g/mol. The molecule has 2 unspecified atom stereocenters. The van der Waals surface area contributed by atoms with Gasteiger partial charge >= 0.3 is 0 Å². The first-order valence-electron chi connectivity index (χ1n) is 6.86. The number of halogens is 1. The van der Waals surface area contributed by atoms with Gasteiger partial charge in [-0.3, -0.25) is 4.79 Å². The van der Waals surface area contributed by atoms with Gasteiger partial charge in [0.15, 0.2) is 0 Å². The molecule has 0 bridgehead atoms. The molecule has 2 rings (SSSR count). The number of benzene rings is 1. The Kier molecular flexibility index (Phi) is 4.99. The number of amides is 1. The van der Waals surface area contributed by atoms with Gasteiger partial charge in [-0.15, -0.1) is 0 Å². The molecule has 1 aliphatic rings. The smallest absolute Gasteiger partial charge is 0.227 e. The van der Waals surface area contributed by atoms with Gasteiger partial charge in [0.2, 0.25) is 5.91 Å². The Morgan fingerprint density at radius 2 is 2.11 bits per heavy atom. The fourth-order valence-electron chi connectivity index (χ4n) is 2.80. The highest BCUT2D eigenvalue weighted by atomic mass is 79.9. The molecule has 0 aliphatic carbocycles. The third-order valence-corrected chi connectivity index (χ3v) is 4.47. The van der Waals surface area contributed by atoms with Gasteiger partial charge in [0, 0.05) is 23.6 Å². The second-order valence-corrected chi connectivity index (χ2v) is 6.23. The quantitative estimate of drug-likeness (QED) is 0.928. The van der Waals surface area contributed by atoms with Crippen LogP contribution in [0.25, 0.3) is 0 Å². The maximum atomic E-state index is 12.4. The van der Waals surface area contributed by atoms with Crippen molar-refractivity contribution >= 4 is 21.8 Å². The summed E-state index contributed by atoms with van der Waals surface area (Å²) in [4.78, 5) is 14.4. The summed E-state index contributed by atoms with van der Waals surface area (Å²) in [6.45, 7) is 3.60. The lowest BCUT2D eigenvalue weighted by atomic mass is 9.90. The summed E-state index contributed by atoms with van der Waals surface area (Å²) in [5, 5.41) is 0. The average molecular weight is 325 g/mol. The Morgan fingerprint density at radius 1 is 1.42 bits per heavy atom. The minimum atomic E-state index is 0.198. The van der Waals surface area contributed by atoms with E-state index in [2.05, 4.69) is 22.9 Å². The minimum Gasteiger partial charge on any atom is -0.338 e. The van der Waals surface area contributed by atoms with Crippen LogP contribution in [0.3, 0.4) is 0 Å². The number of rotatable bonds is 3. The molecular formula is C15H21BrN2O. The number of likely N-dealkylation sites (tertiary alicyclic amines) is 1. The standard InChI is InChI=1S/C15H21BrN2O/c1-11-3-2-8-18(14(11)10-17)15(19)9-12-4-6-13(16)7-5-12/h4-7,11,14H,2-3,8-10,17H2,1H3. The molecule has 0 radical (unpaired) electrons. The van der Waals surface area contributed by atoms with Crippen LogP contribution < -0.4 is 5.73 Å². The van der Waals surface area contributed by atoms with Crippen molar-refractivity contribution in [1.82, 2.24) is 4.90 Å². The van der Waals surface area contributed by atoms with Crippen LogP contribution in [0.15, 0.2) is 28.7 Å². The van der Waals surface area contributed by atoms with Gasteiger partial charge in [-0.05, 0) is 36.5 Å². The molecule has 3 nitrogen and oxygen atoms in total. The Morgan fingerprint density at radius 3 is 2.74 bits per heavy atom. The topological polar surface area (TPSA) is 46.3 Å². The Bertz CT molecular complexity index is 432. The Labute approximate surface area is 123 Å². The van der Waals surface area contributed by atoms with E-state index >= 15 is 0 Å². The van der Waals surface area contributed by atoms with Crippen molar-refractivity contribution in [3.05, 3.63) is 34.3 Å². The van der Waals surface area contributed by atoms with E-state index in [1.54, 1.807) is 0 Å². The predicted molar refractivity (Wildman–Crippen MR) is 80.8 cm³/mol. The van der Waals surface area contributed by atoms with Gasteiger partial charge in [0.1, 0.15) is 0 Å². The van der Waals surface area contributed by atoms with Crippen molar-refractivity contribution in [3.63, 3.8) is 0 Å². The third-order valence-electron chi connectivity index (χ3n) is 3.95. The number of hydrogen-bond acceptors (Lipinski definition) is 2. The van der Waals surface area contributed by atoms with Crippen LogP contribution in [-0.2, 0) is 11.2 Å². The van der Waals surface area contributed by atoms with E-state index in [0.717, 1.165) is 23.0 Å². The summed E-state index contributed by atoms with van der Waals surface area (Å²) in [5.74, 6) is 0.706. The molecule has 2 atom stereocenters. The Hall–Kier alpha value is -0.870. The molecule has 104 valence electrons. The molecule has 0 spiro atoms. The predicted octanol–water partition coefficient (Wildman–Crippen LogP) is 2.58. The first-order valence-corrected chi connectivity index (χ1v) is 7.65. The van der Waals surface area contributed by atoms with Crippen LogP contribution in [0.5, 0.6) is 0 Å². The van der Waals surface area contributed by atoms with Gasteiger partial charge in [-0.25, -0.2) is 0 Å². The molecule has 1 aromatic rings. The molecule has 2 N–H and O–H groups in total. The first kappa shape index (κ1) is 14.5. The fourth-order valence-corrected chi connectivity index (χ4v) is 3.06. The minimum absolute atomic E-state index is 0.198. The van der Waals surface area contributed by atoms with Crippen molar-refractivity contribution in [2.24, 2.45) is 11.7 Å². The van der Waals surface area contributed by atoms with Gasteiger partial charge in [-0.2, -0.15) is 0 Å². The summed E-state index contributed by atoms with van der Waals surface area (Å²) < 4.78 is 1.04. The van der Waals surface area contributed by atoms with Crippen molar-refractivity contribution in [2.75, 3.05) is 13.1 Å². The zero-order chi connectivity index (χ0) is 13.8. The lowest BCUT2D eigenvalue weighted by Gasteiger charge is -2.39. The van der Waals surface area contributed by atoms with E-state index < -0.39 is 0 Å². The molecule has 1 amide bonds. The number of hydrogen-bond donors (Lipinski definition) is 1. The number of carbonyl (C=O) groups is 1. The lowest BCUT2D eigenvalue weighted by Crippen LogP contribution is -2.51. The third kappa shape index (κ3) is 3.57. The zero-order valence-electron chi connectivity index (χ0n) is 11.3. The first-order chi connectivity index (χ1) is 9.11. The van der Waals surface area contributed by atoms with Gasteiger partial charge in [0.05, 0.1) is 6.42 Å². The number of nitrogens with two attached hydrogens (primary N) is 1. The molecular weight excluding hydrogens is 304 g/mol. The summed E-state index contributed by atoms with van der Waals surface area (Å²) >= 11 is 3.41. The average Bonchev–Trinajstić information content (AvgIpc) is 2.41. The highest BCUT2D eigenvalue weighted by molar-refractivity contribution is 9.10. The fraction of sp³-hybridized carbons (Fsp3) is 0.533. The molecule has 1 heterocycles. The van der Waals surface area contributed by atoms with Crippen LogP contribution in [0.2, 0.25) is 0 Å². The van der Waals surface area contributed by atoms with E-state index in [1.165, 1.54) is 6.42 Å². The number of nitrogens with zero attached hydrogens (tertiary/aromatic N) is 1. The molecule has 19 heavy (non-hydrogen) atoms. The van der Waals surface area contributed by atoms with Crippen molar-refractivity contribution < 1.29 is 4.79 Å². The molecule has 0 saturated carbocycles. The van der Waals surface area contributed by atoms with E-state index in [9.17, 15) is 4.79 Å². The highest BCUT2D eigenvalue weighted by Gasteiger charge is 2.30. The van der Waals surface area contributed by atoms with Crippen LogP contribution in [0.1, 0.15) is 25.3 Å². The molecule has 1 fully saturated rings. The van der Waals surface area contributed by atoms with Gasteiger partial charge < -0.3 is 10.6 Å². The van der Waals surface area contributed by atoms with E-state index in [1.807, 2.05) is 29.2 Å². The maximum Gasteiger partial charge on any atom is 0.227 e. The number of carbonyl (C=O) groups excluding carboxylic acids is 1.